The number of carbonyl (C=O) groups excluding carboxylic acids is 1. The zero-order valence-corrected chi connectivity index (χ0v) is 18.1. The van der Waals surface area contributed by atoms with Crippen molar-refractivity contribution in [1.29, 1.82) is 0 Å². The fourth-order valence-corrected chi connectivity index (χ4v) is 4.52. The molecule has 30 heavy (non-hydrogen) atoms. The van der Waals surface area contributed by atoms with Crippen molar-refractivity contribution in [3.8, 4) is 0 Å². The minimum Gasteiger partial charge on any atom is -0.480 e. The summed E-state index contributed by atoms with van der Waals surface area (Å²) in [6.07, 6.45) is 0.472. The third kappa shape index (κ3) is 4.19. The molecule has 1 N–H and O–H groups in total. The fraction of sp³-hybridized carbons (Fsp3) is 0.300. The largest absolute Gasteiger partial charge is 0.480 e. The van der Waals surface area contributed by atoms with E-state index in [2.05, 4.69) is 12.6 Å². The van der Waals surface area contributed by atoms with E-state index >= 15 is 0 Å². The molecule has 0 saturated carbocycles. The summed E-state index contributed by atoms with van der Waals surface area (Å²) in [5.74, 6) is -1.88. The Balaban J connectivity index is 2.19. The van der Waals surface area contributed by atoms with Gasteiger partial charge in [-0.1, -0.05) is 12.1 Å². The van der Waals surface area contributed by atoms with Crippen LogP contribution in [-0.4, -0.2) is 32.8 Å². The molecule has 0 radical (unpaired) electrons. The highest BCUT2D eigenvalue weighted by Gasteiger charge is 2.24. The molecule has 0 atom stereocenters. The van der Waals surface area contributed by atoms with Gasteiger partial charge in [-0.2, -0.15) is 0 Å². The Kier molecular flexibility index (Phi) is 6.47. The molecule has 158 valence electrons. The maximum atomic E-state index is 13.0. The standard InChI is InChI=1S/C20H20N2O6S2/c1-3-28-19(26)16-11(2)15-17(25)22(10-14(23)24)20(27)21(18(15)30-16)9-8-12-4-6-13(29)7-5-12/h4-7,29H,3,8-10H2,1-2H3,(H,23,24). The summed E-state index contributed by atoms with van der Waals surface area (Å²) in [6, 6.07) is 7.41. The lowest BCUT2D eigenvalue weighted by Gasteiger charge is -2.11. The van der Waals surface area contributed by atoms with Crippen LogP contribution in [0.5, 0.6) is 0 Å². The molecule has 3 rings (SSSR count). The first kappa shape index (κ1) is 21.8. The van der Waals surface area contributed by atoms with Crippen LogP contribution in [0.4, 0.5) is 0 Å². The van der Waals surface area contributed by atoms with Crippen molar-refractivity contribution in [2.75, 3.05) is 6.61 Å². The van der Waals surface area contributed by atoms with Crippen molar-refractivity contribution in [3.05, 3.63) is 61.1 Å². The van der Waals surface area contributed by atoms with Crippen molar-refractivity contribution in [2.45, 2.75) is 38.3 Å². The van der Waals surface area contributed by atoms with Crippen molar-refractivity contribution in [3.63, 3.8) is 0 Å². The number of thiol groups is 1. The molecule has 0 unspecified atom stereocenters. The molecule has 10 heteroatoms. The fourth-order valence-electron chi connectivity index (χ4n) is 3.16. The third-order valence-corrected chi connectivity index (χ3v) is 6.20. The van der Waals surface area contributed by atoms with Crippen LogP contribution in [0, 0.1) is 6.92 Å². The van der Waals surface area contributed by atoms with Gasteiger partial charge in [0.25, 0.3) is 5.56 Å². The molecule has 0 aliphatic carbocycles. The highest BCUT2D eigenvalue weighted by Crippen LogP contribution is 2.28. The Hall–Kier alpha value is -2.85. The van der Waals surface area contributed by atoms with Crippen LogP contribution in [0.3, 0.4) is 0 Å². The molecule has 0 saturated heterocycles. The first-order valence-electron chi connectivity index (χ1n) is 9.18. The maximum absolute atomic E-state index is 13.0. The van der Waals surface area contributed by atoms with Crippen molar-refractivity contribution >= 4 is 46.1 Å². The molecular formula is C20H20N2O6S2. The number of benzene rings is 1. The van der Waals surface area contributed by atoms with Gasteiger partial charge in [-0.3, -0.25) is 14.2 Å². The number of hydrogen-bond acceptors (Lipinski definition) is 7. The number of hydrogen-bond donors (Lipinski definition) is 2. The van der Waals surface area contributed by atoms with Gasteiger partial charge in [-0.05, 0) is 43.5 Å². The number of aromatic nitrogens is 2. The Morgan fingerprint density at radius 3 is 2.43 bits per heavy atom. The number of carboxylic acid groups (broad SMARTS) is 1. The van der Waals surface area contributed by atoms with E-state index in [-0.39, 0.29) is 23.4 Å². The van der Waals surface area contributed by atoms with E-state index in [4.69, 9.17) is 9.84 Å². The molecule has 0 amide bonds. The number of carboxylic acids is 1. The molecular weight excluding hydrogens is 428 g/mol. The van der Waals surface area contributed by atoms with Gasteiger partial charge >= 0.3 is 17.6 Å². The predicted molar refractivity (Wildman–Crippen MR) is 116 cm³/mol. The van der Waals surface area contributed by atoms with Crippen LogP contribution >= 0.6 is 24.0 Å². The minimum atomic E-state index is -1.30. The minimum absolute atomic E-state index is 0.162. The summed E-state index contributed by atoms with van der Waals surface area (Å²) >= 11 is 5.26. The molecule has 0 spiro atoms. The number of ether oxygens (including phenoxy) is 1. The van der Waals surface area contributed by atoms with Crippen LogP contribution in [-0.2, 0) is 29.0 Å². The first-order valence-corrected chi connectivity index (χ1v) is 10.4. The number of aryl methyl sites for hydroxylation is 3. The smallest absolute Gasteiger partial charge is 0.348 e. The molecule has 2 aromatic heterocycles. The van der Waals surface area contributed by atoms with Crippen LogP contribution in [0.15, 0.2) is 38.8 Å². The number of nitrogens with zero attached hydrogens (tertiary/aromatic N) is 2. The molecule has 0 fully saturated rings. The lowest BCUT2D eigenvalue weighted by Crippen LogP contribution is -2.41. The zero-order chi connectivity index (χ0) is 22.0. The van der Waals surface area contributed by atoms with Gasteiger partial charge in [-0.25, -0.2) is 14.2 Å². The van der Waals surface area contributed by atoms with Crippen LogP contribution in [0.2, 0.25) is 0 Å². The Labute approximate surface area is 180 Å². The Morgan fingerprint density at radius 1 is 1.17 bits per heavy atom. The van der Waals surface area contributed by atoms with E-state index in [1.807, 2.05) is 24.3 Å². The number of esters is 1. The molecule has 2 heterocycles. The molecule has 8 nitrogen and oxygen atoms in total. The maximum Gasteiger partial charge on any atom is 0.348 e. The second-order valence-corrected chi connectivity index (χ2v) is 8.11. The van der Waals surface area contributed by atoms with Gasteiger partial charge in [0.05, 0.1) is 12.0 Å². The van der Waals surface area contributed by atoms with E-state index in [1.165, 1.54) is 4.57 Å². The van der Waals surface area contributed by atoms with Gasteiger partial charge in [0.2, 0.25) is 0 Å². The lowest BCUT2D eigenvalue weighted by atomic mass is 10.1. The van der Waals surface area contributed by atoms with Crippen LogP contribution in [0.1, 0.15) is 27.7 Å². The quantitative estimate of drug-likeness (QED) is 0.424. The number of fused-ring (bicyclic) bond motifs is 1. The van der Waals surface area contributed by atoms with Gasteiger partial charge in [0.15, 0.2) is 0 Å². The Morgan fingerprint density at radius 2 is 1.83 bits per heavy atom. The molecule has 0 aliphatic heterocycles. The summed E-state index contributed by atoms with van der Waals surface area (Å²) in [4.78, 5) is 50.8. The molecule has 1 aromatic carbocycles. The first-order chi connectivity index (χ1) is 14.2. The number of rotatable bonds is 7. The lowest BCUT2D eigenvalue weighted by molar-refractivity contribution is -0.137. The normalized spacial score (nSPS) is 11.0. The molecule has 0 bridgehead atoms. The summed E-state index contributed by atoms with van der Waals surface area (Å²) in [5, 5.41) is 9.32. The average molecular weight is 449 g/mol. The monoisotopic (exact) mass is 448 g/mol. The molecule has 3 aromatic rings. The van der Waals surface area contributed by atoms with Crippen LogP contribution < -0.4 is 11.2 Å². The molecule has 0 aliphatic rings. The SMILES string of the molecule is CCOC(=O)c1sc2c(c1C)c(=O)n(CC(=O)O)c(=O)n2CCc1ccc(S)cc1. The predicted octanol–water partition coefficient (Wildman–Crippen LogP) is 2.33. The summed E-state index contributed by atoms with van der Waals surface area (Å²) in [7, 11) is 0. The number of aliphatic carboxylic acids is 1. The second kappa shape index (κ2) is 8.88. The van der Waals surface area contributed by atoms with Gasteiger partial charge in [-0.15, -0.1) is 24.0 Å². The average Bonchev–Trinajstić information content (AvgIpc) is 3.04. The van der Waals surface area contributed by atoms with Crippen molar-refractivity contribution < 1.29 is 19.4 Å². The Bertz CT molecular complexity index is 1240. The third-order valence-electron chi connectivity index (χ3n) is 4.61. The summed E-state index contributed by atoms with van der Waals surface area (Å²) in [6.45, 7) is 2.89. The zero-order valence-electron chi connectivity index (χ0n) is 16.4. The highest BCUT2D eigenvalue weighted by atomic mass is 32.1. The van der Waals surface area contributed by atoms with Crippen molar-refractivity contribution in [2.24, 2.45) is 0 Å². The highest BCUT2D eigenvalue weighted by molar-refractivity contribution is 7.80. The van der Waals surface area contributed by atoms with Crippen molar-refractivity contribution in [1.82, 2.24) is 9.13 Å². The van der Waals surface area contributed by atoms with Crippen LogP contribution in [0.25, 0.3) is 10.2 Å². The number of carbonyl (C=O) groups is 2. The van der Waals surface area contributed by atoms with E-state index in [0.717, 1.165) is 21.8 Å². The summed E-state index contributed by atoms with van der Waals surface area (Å²) in [5.41, 5.74) is -0.122. The van der Waals surface area contributed by atoms with Gasteiger partial charge < -0.3 is 9.84 Å². The summed E-state index contributed by atoms with van der Waals surface area (Å²) < 4.78 is 7.10. The number of thiophene rings is 1. The van der Waals surface area contributed by atoms with Gasteiger partial charge in [0, 0.05) is 11.4 Å². The van der Waals surface area contributed by atoms with E-state index in [1.54, 1.807) is 13.8 Å². The second-order valence-electron chi connectivity index (χ2n) is 6.59. The van der Waals surface area contributed by atoms with E-state index in [9.17, 15) is 19.2 Å². The van der Waals surface area contributed by atoms with E-state index in [0.29, 0.717) is 21.4 Å². The topological polar surface area (TPSA) is 108 Å². The van der Waals surface area contributed by atoms with E-state index < -0.39 is 29.7 Å². The van der Waals surface area contributed by atoms with Gasteiger partial charge in [0.1, 0.15) is 16.3 Å².